The summed E-state index contributed by atoms with van der Waals surface area (Å²) in [4.78, 5) is 12.5. The molecule has 102 valence electrons. The van der Waals surface area contributed by atoms with Gasteiger partial charge in [0, 0.05) is 4.90 Å². The largest absolute Gasteiger partial charge is 0.494 e. The van der Waals surface area contributed by atoms with Crippen LogP contribution < -0.4 is 10.4 Å². The minimum absolute atomic E-state index is 0.342. The fraction of sp³-hybridized carbons (Fsp3) is 0.154. The Morgan fingerprint density at radius 2 is 2.25 bits per heavy atom. The van der Waals surface area contributed by atoms with Gasteiger partial charge in [0.1, 0.15) is 10.8 Å². The van der Waals surface area contributed by atoms with E-state index in [4.69, 9.17) is 4.74 Å². The van der Waals surface area contributed by atoms with E-state index in [0.717, 1.165) is 15.7 Å². The molecule has 0 fully saturated rings. The molecule has 0 atom stereocenters. The first kappa shape index (κ1) is 12.7. The van der Waals surface area contributed by atoms with Crippen molar-refractivity contribution in [3.05, 3.63) is 46.9 Å². The standard InChI is InChI=1S/C13H12N4O2S/c1-2-19-9-4-3-5-10(8-9)20-12-7-6-11-14-15-13(18)17(11)16-12/h3-8H,2H2,1H3,(H,15,18). The molecule has 0 unspecified atom stereocenters. The first-order valence-corrected chi connectivity index (χ1v) is 6.93. The topological polar surface area (TPSA) is 72.3 Å². The van der Waals surface area contributed by atoms with Crippen LogP contribution in [-0.2, 0) is 0 Å². The lowest BCUT2D eigenvalue weighted by molar-refractivity contribution is 0.339. The molecule has 0 radical (unpaired) electrons. The SMILES string of the molecule is CCOc1cccc(Sc2ccc3n[nH]c(=O)n3n2)c1. The molecule has 0 spiro atoms. The van der Waals surface area contributed by atoms with E-state index in [1.807, 2.05) is 37.3 Å². The van der Waals surface area contributed by atoms with Crippen LogP contribution in [0.15, 0.2) is 51.1 Å². The summed E-state index contributed by atoms with van der Waals surface area (Å²) < 4.78 is 6.70. The zero-order valence-electron chi connectivity index (χ0n) is 10.7. The Bertz CT molecular complexity index is 796. The van der Waals surface area contributed by atoms with Crippen LogP contribution in [0.3, 0.4) is 0 Å². The number of H-pyrrole nitrogens is 1. The van der Waals surface area contributed by atoms with Gasteiger partial charge in [0.2, 0.25) is 0 Å². The van der Waals surface area contributed by atoms with E-state index < -0.39 is 0 Å². The number of fused-ring (bicyclic) bond motifs is 1. The van der Waals surface area contributed by atoms with Crippen LogP contribution in [0.1, 0.15) is 6.92 Å². The first-order chi connectivity index (χ1) is 9.76. The van der Waals surface area contributed by atoms with Gasteiger partial charge in [0.05, 0.1) is 6.61 Å². The van der Waals surface area contributed by atoms with Gasteiger partial charge in [0.15, 0.2) is 5.65 Å². The zero-order chi connectivity index (χ0) is 13.9. The summed E-state index contributed by atoms with van der Waals surface area (Å²) in [6.07, 6.45) is 0. The summed E-state index contributed by atoms with van der Waals surface area (Å²) in [5.74, 6) is 0.819. The van der Waals surface area contributed by atoms with Crippen LogP contribution >= 0.6 is 11.8 Å². The third-order valence-corrected chi connectivity index (χ3v) is 3.50. The molecule has 0 aliphatic heterocycles. The van der Waals surface area contributed by atoms with E-state index in [0.29, 0.717) is 12.3 Å². The van der Waals surface area contributed by atoms with Crippen molar-refractivity contribution in [3.8, 4) is 5.75 Å². The number of hydrogen-bond donors (Lipinski definition) is 1. The van der Waals surface area contributed by atoms with Crippen LogP contribution in [-0.4, -0.2) is 26.4 Å². The predicted molar refractivity (Wildman–Crippen MR) is 75.3 cm³/mol. The molecule has 1 N–H and O–H groups in total. The molecule has 1 aromatic carbocycles. The Balaban J connectivity index is 1.90. The van der Waals surface area contributed by atoms with Crippen LogP contribution in [0.25, 0.3) is 5.65 Å². The Morgan fingerprint density at radius 1 is 1.35 bits per heavy atom. The lowest BCUT2D eigenvalue weighted by Gasteiger charge is -2.05. The van der Waals surface area contributed by atoms with Gasteiger partial charge in [-0.05, 0) is 37.3 Å². The van der Waals surface area contributed by atoms with E-state index in [1.54, 1.807) is 6.07 Å². The molecule has 0 amide bonds. The van der Waals surface area contributed by atoms with Gasteiger partial charge in [-0.15, -0.1) is 0 Å². The van der Waals surface area contributed by atoms with Crippen molar-refractivity contribution in [3.63, 3.8) is 0 Å². The van der Waals surface area contributed by atoms with Crippen LogP contribution in [0.2, 0.25) is 0 Å². The smallest absolute Gasteiger partial charge is 0.364 e. The van der Waals surface area contributed by atoms with Gasteiger partial charge in [-0.1, -0.05) is 17.8 Å². The predicted octanol–water partition coefficient (Wildman–Crippen LogP) is 1.97. The summed E-state index contributed by atoms with van der Waals surface area (Å²) >= 11 is 1.46. The van der Waals surface area contributed by atoms with Crippen LogP contribution in [0, 0.1) is 0 Å². The fourth-order valence-electron chi connectivity index (χ4n) is 1.76. The molecule has 20 heavy (non-hydrogen) atoms. The molecule has 2 aromatic heterocycles. The number of aromatic amines is 1. The molecule has 0 aliphatic rings. The number of nitrogens with zero attached hydrogens (tertiary/aromatic N) is 3. The van der Waals surface area contributed by atoms with Gasteiger partial charge < -0.3 is 4.74 Å². The van der Waals surface area contributed by atoms with Crippen molar-refractivity contribution in [1.29, 1.82) is 0 Å². The number of ether oxygens (including phenoxy) is 1. The number of aromatic nitrogens is 4. The van der Waals surface area contributed by atoms with Gasteiger partial charge in [-0.2, -0.15) is 14.7 Å². The fourth-order valence-corrected chi connectivity index (χ4v) is 2.58. The number of hydrogen-bond acceptors (Lipinski definition) is 5. The molecular formula is C13H12N4O2S. The third kappa shape index (κ3) is 2.53. The lowest BCUT2D eigenvalue weighted by Crippen LogP contribution is -2.12. The molecule has 7 heteroatoms. The maximum Gasteiger partial charge on any atom is 0.364 e. The monoisotopic (exact) mass is 288 g/mol. The third-order valence-electron chi connectivity index (χ3n) is 2.59. The minimum atomic E-state index is -0.342. The van der Waals surface area contributed by atoms with E-state index in [1.165, 1.54) is 16.3 Å². The second-order valence-corrected chi connectivity index (χ2v) is 5.07. The van der Waals surface area contributed by atoms with E-state index >= 15 is 0 Å². The summed E-state index contributed by atoms with van der Waals surface area (Å²) in [7, 11) is 0. The van der Waals surface area contributed by atoms with Crippen LogP contribution in [0.4, 0.5) is 0 Å². The van der Waals surface area contributed by atoms with E-state index in [-0.39, 0.29) is 5.69 Å². The van der Waals surface area contributed by atoms with Crippen molar-refractivity contribution < 1.29 is 4.74 Å². The van der Waals surface area contributed by atoms with Crippen molar-refractivity contribution >= 4 is 17.4 Å². The van der Waals surface area contributed by atoms with Crippen molar-refractivity contribution in [2.75, 3.05) is 6.61 Å². The number of nitrogens with one attached hydrogen (secondary N) is 1. The Kier molecular flexibility index (Phi) is 3.42. The molecule has 3 aromatic rings. The minimum Gasteiger partial charge on any atom is -0.494 e. The molecule has 6 nitrogen and oxygen atoms in total. The summed E-state index contributed by atoms with van der Waals surface area (Å²) in [5, 5.41) is 11.2. The quantitative estimate of drug-likeness (QED) is 0.794. The van der Waals surface area contributed by atoms with Crippen molar-refractivity contribution in [2.24, 2.45) is 0 Å². The van der Waals surface area contributed by atoms with Gasteiger partial charge in [-0.3, -0.25) is 0 Å². The highest BCUT2D eigenvalue weighted by atomic mass is 32.2. The van der Waals surface area contributed by atoms with Gasteiger partial charge in [0.25, 0.3) is 0 Å². The highest BCUT2D eigenvalue weighted by Crippen LogP contribution is 2.28. The molecule has 0 saturated heterocycles. The Hall–Kier alpha value is -2.28. The second-order valence-electron chi connectivity index (χ2n) is 3.98. The normalized spacial score (nSPS) is 10.8. The van der Waals surface area contributed by atoms with E-state index in [2.05, 4.69) is 15.3 Å². The van der Waals surface area contributed by atoms with Gasteiger partial charge in [-0.25, -0.2) is 9.89 Å². The lowest BCUT2D eigenvalue weighted by atomic mass is 10.3. The number of benzene rings is 1. The average molecular weight is 288 g/mol. The maximum atomic E-state index is 11.5. The first-order valence-electron chi connectivity index (χ1n) is 6.11. The molecular weight excluding hydrogens is 276 g/mol. The molecule has 0 saturated carbocycles. The summed E-state index contributed by atoms with van der Waals surface area (Å²) in [6, 6.07) is 11.3. The molecule has 2 heterocycles. The van der Waals surface area contributed by atoms with Crippen LogP contribution in [0.5, 0.6) is 5.75 Å². The Labute approximate surface area is 118 Å². The Morgan fingerprint density at radius 3 is 3.10 bits per heavy atom. The van der Waals surface area contributed by atoms with E-state index in [9.17, 15) is 4.79 Å². The average Bonchev–Trinajstić information content (AvgIpc) is 2.81. The second kappa shape index (κ2) is 5.38. The van der Waals surface area contributed by atoms with Crippen molar-refractivity contribution in [2.45, 2.75) is 16.8 Å². The maximum absolute atomic E-state index is 11.5. The highest BCUT2D eigenvalue weighted by Gasteiger charge is 2.05. The zero-order valence-corrected chi connectivity index (χ0v) is 11.6. The summed E-state index contributed by atoms with van der Waals surface area (Å²) in [5.41, 5.74) is 0.160. The number of rotatable bonds is 4. The molecule has 0 bridgehead atoms. The van der Waals surface area contributed by atoms with Crippen molar-refractivity contribution in [1.82, 2.24) is 19.8 Å². The molecule has 3 rings (SSSR count). The highest BCUT2D eigenvalue weighted by molar-refractivity contribution is 7.99. The summed E-state index contributed by atoms with van der Waals surface area (Å²) in [6.45, 7) is 2.57. The molecule has 0 aliphatic carbocycles. The van der Waals surface area contributed by atoms with Gasteiger partial charge >= 0.3 is 5.69 Å².